The fourth-order valence-corrected chi connectivity index (χ4v) is 4.32. The van der Waals surface area contributed by atoms with Crippen LogP contribution in [0.5, 0.6) is 5.75 Å². The minimum absolute atomic E-state index is 0.0140. The van der Waals surface area contributed by atoms with Crippen molar-refractivity contribution in [1.29, 1.82) is 0 Å². The maximum absolute atomic E-state index is 15.6. The molecule has 2 N–H and O–H groups in total. The van der Waals surface area contributed by atoms with Gasteiger partial charge in [-0.25, -0.2) is 8.78 Å². The first kappa shape index (κ1) is 20.7. The lowest BCUT2D eigenvalue weighted by Gasteiger charge is -2.14. The summed E-state index contributed by atoms with van der Waals surface area (Å²) in [7, 11) is 0. The predicted molar refractivity (Wildman–Crippen MR) is 124 cm³/mol. The van der Waals surface area contributed by atoms with Crippen molar-refractivity contribution in [2.45, 2.75) is 38.8 Å². The smallest absolute Gasteiger partial charge is 0.156 e. The quantitative estimate of drug-likeness (QED) is 0.379. The topological polar surface area (TPSA) is 37.2 Å². The van der Waals surface area contributed by atoms with Gasteiger partial charge in [0.1, 0.15) is 11.6 Å². The number of aromatic hydroxyl groups is 1. The van der Waals surface area contributed by atoms with Crippen molar-refractivity contribution in [2.24, 2.45) is 0 Å². The number of rotatable bonds is 7. The summed E-state index contributed by atoms with van der Waals surface area (Å²) in [6.07, 6.45) is 3.55. The van der Waals surface area contributed by atoms with Crippen LogP contribution in [-0.2, 0) is 13.0 Å². The number of hydrogen-bond acceptors (Lipinski definition) is 2. The van der Waals surface area contributed by atoms with Crippen LogP contribution >= 0.6 is 0 Å². The van der Waals surface area contributed by atoms with Gasteiger partial charge in [-0.1, -0.05) is 24.3 Å². The Kier molecular flexibility index (Phi) is 5.43. The van der Waals surface area contributed by atoms with Gasteiger partial charge in [-0.05, 0) is 85.8 Å². The van der Waals surface area contributed by atoms with Crippen LogP contribution in [0.2, 0.25) is 0 Å². The minimum atomic E-state index is -0.409. The molecule has 3 nitrogen and oxygen atoms in total. The predicted octanol–water partition coefficient (Wildman–Crippen LogP) is 5.94. The molecule has 164 valence electrons. The number of aromatic nitrogens is 1. The average Bonchev–Trinajstić information content (AvgIpc) is 3.56. The van der Waals surface area contributed by atoms with Gasteiger partial charge in [0.25, 0.3) is 0 Å². The van der Waals surface area contributed by atoms with Gasteiger partial charge in [-0.2, -0.15) is 0 Å². The molecule has 1 aliphatic rings. The van der Waals surface area contributed by atoms with E-state index in [1.807, 2.05) is 4.57 Å². The van der Waals surface area contributed by atoms with E-state index in [4.69, 9.17) is 0 Å². The first-order valence-electron chi connectivity index (χ1n) is 11.1. The summed E-state index contributed by atoms with van der Waals surface area (Å²) in [6.45, 7) is 3.23. The number of phenolic OH excluding ortho intramolecular Hbond substituents is 1. The van der Waals surface area contributed by atoms with Crippen molar-refractivity contribution in [3.63, 3.8) is 0 Å². The molecule has 0 saturated heterocycles. The maximum atomic E-state index is 15.6. The lowest BCUT2D eigenvalue weighted by molar-refractivity contribution is 0.476. The average molecular weight is 433 g/mol. The van der Waals surface area contributed by atoms with E-state index in [0.717, 1.165) is 18.5 Å². The van der Waals surface area contributed by atoms with Gasteiger partial charge in [0.2, 0.25) is 0 Å². The Bertz CT molecular complexity index is 1270. The van der Waals surface area contributed by atoms with Crippen LogP contribution in [0.3, 0.4) is 0 Å². The minimum Gasteiger partial charge on any atom is -0.508 e. The third-order valence-electron chi connectivity index (χ3n) is 6.22. The number of halogens is 2. The van der Waals surface area contributed by atoms with Crippen LogP contribution in [-0.4, -0.2) is 22.3 Å². The lowest BCUT2D eigenvalue weighted by atomic mass is 10.0. The van der Waals surface area contributed by atoms with Crippen molar-refractivity contribution < 1.29 is 13.9 Å². The molecule has 0 radical (unpaired) electrons. The van der Waals surface area contributed by atoms with Crippen LogP contribution in [0.4, 0.5) is 8.78 Å². The number of benzene rings is 3. The molecule has 1 saturated carbocycles. The first-order chi connectivity index (χ1) is 15.5. The van der Waals surface area contributed by atoms with Gasteiger partial charge in [-0.3, -0.25) is 0 Å². The molecule has 32 heavy (non-hydrogen) atoms. The molecule has 1 heterocycles. The Balaban J connectivity index is 1.51. The Morgan fingerprint density at radius 2 is 1.72 bits per heavy atom. The highest BCUT2D eigenvalue weighted by Crippen LogP contribution is 2.36. The van der Waals surface area contributed by atoms with E-state index in [0.29, 0.717) is 40.3 Å². The number of phenols is 1. The fourth-order valence-electron chi connectivity index (χ4n) is 4.32. The van der Waals surface area contributed by atoms with Gasteiger partial charge in [0.05, 0.1) is 11.2 Å². The monoisotopic (exact) mass is 432 g/mol. The highest BCUT2D eigenvalue weighted by molar-refractivity contribution is 5.89. The molecule has 5 heteroatoms. The molecule has 0 bridgehead atoms. The highest BCUT2D eigenvalue weighted by atomic mass is 19.1. The van der Waals surface area contributed by atoms with Crippen LogP contribution < -0.4 is 5.32 Å². The number of nitrogens with one attached hydrogen (secondary N) is 1. The van der Waals surface area contributed by atoms with E-state index < -0.39 is 5.82 Å². The first-order valence-corrected chi connectivity index (χ1v) is 11.1. The lowest BCUT2D eigenvalue weighted by Crippen LogP contribution is -2.19. The fraction of sp³-hybridized carbons (Fsp3) is 0.259. The molecule has 1 aliphatic carbocycles. The van der Waals surface area contributed by atoms with E-state index in [-0.39, 0.29) is 11.6 Å². The van der Waals surface area contributed by atoms with E-state index in [1.54, 1.807) is 25.1 Å². The largest absolute Gasteiger partial charge is 0.508 e. The van der Waals surface area contributed by atoms with Gasteiger partial charge >= 0.3 is 0 Å². The Hall–Kier alpha value is -3.18. The van der Waals surface area contributed by atoms with Crippen molar-refractivity contribution in [3.05, 3.63) is 89.0 Å². The third kappa shape index (κ3) is 4.13. The second kappa shape index (κ2) is 8.40. The van der Waals surface area contributed by atoms with Crippen LogP contribution in [0.1, 0.15) is 29.5 Å². The van der Waals surface area contributed by atoms with E-state index in [1.165, 1.54) is 36.6 Å². The van der Waals surface area contributed by atoms with Crippen LogP contribution in [0.15, 0.2) is 60.7 Å². The number of nitrogens with zero attached hydrogens (tertiary/aromatic N) is 1. The third-order valence-corrected chi connectivity index (χ3v) is 6.22. The zero-order valence-electron chi connectivity index (χ0n) is 18.0. The zero-order valence-corrected chi connectivity index (χ0v) is 18.0. The Morgan fingerprint density at radius 1 is 0.969 bits per heavy atom. The van der Waals surface area contributed by atoms with E-state index >= 15 is 4.39 Å². The number of fused-ring (bicyclic) bond motifs is 1. The summed E-state index contributed by atoms with van der Waals surface area (Å²) < 4.78 is 31.2. The number of hydrogen-bond donors (Lipinski definition) is 2. The second-order valence-corrected chi connectivity index (χ2v) is 8.70. The molecule has 0 unspecified atom stereocenters. The van der Waals surface area contributed by atoms with Crippen molar-refractivity contribution in [3.8, 4) is 17.0 Å². The summed E-state index contributed by atoms with van der Waals surface area (Å²) in [5.74, 6) is -0.743. The molecule has 1 fully saturated rings. The molecular formula is C27H26F2N2O. The second-order valence-electron chi connectivity index (χ2n) is 8.70. The molecule has 0 aliphatic heterocycles. The van der Waals surface area contributed by atoms with E-state index in [2.05, 4.69) is 29.6 Å². The normalized spacial score (nSPS) is 13.7. The highest BCUT2D eigenvalue weighted by Gasteiger charge is 2.21. The molecule has 0 amide bonds. The van der Waals surface area contributed by atoms with Crippen molar-refractivity contribution in [2.75, 3.05) is 6.54 Å². The Labute approximate surface area is 186 Å². The van der Waals surface area contributed by atoms with Crippen LogP contribution in [0.25, 0.3) is 22.2 Å². The zero-order chi connectivity index (χ0) is 22.2. The Morgan fingerprint density at radius 3 is 2.44 bits per heavy atom. The van der Waals surface area contributed by atoms with Gasteiger partial charge in [-0.15, -0.1) is 0 Å². The van der Waals surface area contributed by atoms with Gasteiger partial charge in [0.15, 0.2) is 5.82 Å². The molecule has 1 aromatic heterocycles. The van der Waals surface area contributed by atoms with Crippen molar-refractivity contribution >= 4 is 10.9 Å². The summed E-state index contributed by atoms with van der Waals surface area (Å²) in [5, 5.41) is 13.8. The maximum Gasteiger partial charge on any atom is 0.156 e. The summed E-state index contributed by atoms with van der Waals surface area (Å²) in [4.78, 5) is 0. The summed E-state index contributed by atoms with van der Waals surface area (Å²) in [5.41, 5.74) is 4.72. The molecule has 4 aromatic rings. The molecule has 5 rings (SSSR count). The number of aryl methyl sites for hydroxylation is 1. The van der Waals surface area contributed by atoms with Gasteiger partial charge < -0.3 is 15.0 Å². The molecule has 3 aromatic carbocycles. The molecule has 0 atom stereocenters. The molecule has 0 spiro atoms. The van der Waals surface area contributed by atoms with Crippen LogP contribution in [0, 0.1) is 18.6 Å². The summed E-state index contributed by atoms with van der Waals surface area (Å²) >= 11 is 0. The van der Waals surface area contributed by atoms with Gasteiger partial charge in [0, 0.05) is 23.5 Å². The summed E-state index contributed by atoms with van der Waals surface area (Å²) in [6, 6.07) is 18.2. The molecular weight excluding hydrogens is 406 g/mol. The van der Waals surface area contributed by atoms with E-state index in [9.17, 15) is 9.50 Å². The SMILES string of the molecule is Cc1cc(F)ccc1-c1c(F)c2cc(O)ccc2n1Cc1ccc(CCNC2CC2)cc1. The standard InChI is InChI=1S/C27H26F2N2O/c1-17-14-20(28)6-10-23(17)27-26(29)24-15-22(32)9-11-25(24)31(27)16-19-4-2-18(3-5-19)12-13-30-21-7-8-21/h2-6,9-11,14-15,21,30,32H,7-8,12-13,16H2,1H3. The van der Waals surface area contributed by atoms with Crippen molar-refractivity contribution in [1.82, 2.24) is 9.88 Å².